The summed E-state index contributed by atoms with van der Waals surface area (Å²) in [7, 11) is 4.59. The number of carbonyl (C=O) groups excluding carboxylic acids is 2. The normalized spacial score (nSPS) is 14.1. The Morgan fingerprint density at radius 2 is 1.56 bits per heavy atom. The van der Waals surface area contributed by atoms with Crippen molar-refractivity contribution in [2.75, 3.05) is 59.4 Å². The van der Waals surface area contributed by atoms with Crippen LogP contribution in [0, 0.1) is 6.92 Å². The number of ether oxygens (including phenoxy) is 3. The first kappa shape index (κ1) is 23.4. The van der Waals surface area contributed by atoms with Crippen LogP contribution in [-0.4, -0.2) is 75.7 Å². The van der Waals surface area contributed by atoms with Crippen molar-refractivity contribution in [1.29, 1.82) is 0 Å². The highest BCUT2D eigenvalue weighted by Gasteiger charge is 2.23. The fourth-order valence-electron chi connectivity index (χ4n) is 3.80. The van der Waals surface area contributed by atoms with Gasteiger partial charge in [-0.3, -0.25) is 14.5 Å². The van der Waals surface area contributed by atoms with Gasteiger partial charge in [-0.25, -0.2) is 0 Å². The van der Waals surface area contributed by atoms with Crippen molar-refractivity contribution in [2.24, 2.45) is 0 Å². The zero-order valence-electron chi connectivity index (χ0n) is 19.1. The van der Waals surface area contributed by atoms with Gasteiger partial charge >= 0.3 is 0 Å². The molecule has 172 valence electrons. The van der Waals surface area contributed by atoms with Gasteiger partial charge in [0.2, 0.25) is 17.6 Å². The molecule has 8 nitrogen and oxygen atoms in total. The molecule has 32 heavy (non-hydrogen) atoms. The Morgan fingerprint density at radius 3 is 2.12 bits per heavy atom. The summed E-state index contributed by atoms with van der Waals surface area (Å²) in [5.74, 6) is 1.41. The SMILES string of the molecule is COc1cc(NC(=O)CN2CCN(C(=O)Cc3ccccc3C)CC2)cc(OC)c1OC. The molecule has 0 saturated carbocycles. The van der Waals surface area contributed by atoms with Crippen LogP contribution < -0.4 is 19.5 Å². The Kier molecular flexibility index (Phi) is 7.94. The molecule has 1 N–H and O–H groups in total. The summed E-state index contributed by atoms with van der Waals surface area (Å²) in [5.41, 5.74) is 2.75. The standard InChI is InChI=1S/C24H31N3O5/c1-17-7-5-6-8-18(17)13-23(29)27-11-9-26(10-12-27)16-22(28)25-19-14-20(30-2)24(32-4)21(15-19)31-3/h5-8,14-15H,9-13,16H2,1-4H3,(H,25,28). The zero-order chi connectivity index (χ0) is 23.1. The van der Waals surface area contributed by atoms with E-state index in [2.05, 4.69) is 5.32 Å². The van der Waals surface area contributed by atoms with Crippen LogP contribution in [0.3, 0.4) is 0 Å². The van der Waals surface area contributed by atoms with Crippen LogP contribution in [0.15, 0.2) is 36.4 Å². The molecule has 0 unspecified atom stereocenters. The Labute approximate surface area is 189 Å². The Morgan fingerprint density at radius 1 is 0.938 bits per heavy atom. The predicted octanol–water partition coefficient (Wildman–Crippen LogP) is 2.35. The number of hydrogen-bond acceptors (Lipinski definition) is 6. The van der Waals surface area contributed by atoms with Gasteiger partial charge in [0, 0.05) is 44.0 Å². The summed E-state index contributed by atoms with van der Waals surface area (Å²) in [6.07, 6.45) is 0.411. The van der Waals surface area contributed by atoms with Gasteiger partial charge in [0.1, 0.15) is 0 Å². The number of methoxy groups -OCH3 is 3. The summed E-state index contributed by atoms with van der Waals surface area (Å²) in [6, 6.07) is 11.3. The first-order valence-corrected chi connectivity index (χ1v) is 10.6. The van der Waals surface area contributed by atoms with Gasteiger partial charge in [0.05, 0.1) is 34.3 Å². The third-order valence-corrected chi connectivity index (χ3v) is 5.64. The number of benzene rings is 2. The minimum absolute atomic E-state index is 0.126. The molecule has 0 bridgehead atoms. The van der Waals surface area contributed by atoms with Crippen molar-refractivity contribution >= 4 is 17.5 Å². The molecule has 0 aromatic heterocycles. The number of nitrogens with one attached hydrogen (secondary N) is 1. The minimum atomic E-state index is -0.140. The van der Waals surface area contributed by atoms with Gasteiger partial charge in [-0.15, -0.1) is 0 Å². The summed E-state index contributed by atoms with van der Waals surface area (Å²) >= 11 is 0. The number of carbonyl (C=O) groups is 2. The smallest absolute Gasteiger partial charge is 0.238 e. The number of piperazine rings is 1. The molecule has 3 rings (SSSR count). The Bertz CT molecular complexity index is 929. The molecule has 1 saturated heterocycles. The maximum Gasteiger partial charge on any atom is 0.238 e. The second-order valence-electron chi connectivity index (χ2n) is 7.72. The van der Waals surface area contributed by atoms with Crippen LogP contribution in [0.5, 0.6) is 17.2 Å². The highest BCUT2D eigenvalue weighted by molar-refractivity contribution is 5.93. The molecular formula is C24H31N3O5. The fraction of sp³-hybridized carbons (Fsp3) is 0.417. The number of nitrogens with zero attached hydrogens (tertiary/aromatic N) is 2. The van der Waals surface area contributed by atoms with Crippen molar-refractivity contribution < 1.29 is 23.8 Å². The molecule has 2 amide bonds. The number of rotatable bonds is 8. The van der Waals surface area contributed by atoms with E-state index < -0.39 is 0 Å². The lowest BCUT2D eigenvalue weighted by molar-refractivity contribution is -0.132. The van der Waals surface area contributed by atoms with Crippen LogP contribution in [-0.2, 0) is 16.0 Å². The lowest BCUT2D eigenvalue weighted by Gasteiger charge is -2.34. The fourth-order valence-corrected chi connectivity index (χ4v) is 3.80. The average Bonchev–Trinajstić information content (AvgIpc) is 2.80. The molecular weight excluding hydrogens is 410 g/mol. The third kappa shape index (κ3) is 5.70. The van der Waals surface area contributed by atoms with Crippen LogP contribution in [0.4, 0.5) is 5.69 Å². The van der Waals surface area contributed by atoms with Crippen LogP contribution in [0.25, 0.3) is 0 Å². The van der Waals surface area contributed by atoms with Gasteiger partial charge < -0.3 is 24.4 Å². The van der Waals surface area contributed by atoms with Gasteiger partial charge in [-0.1, -0.05) is 24.3 Å². The van der Waals surface area contributed by atoms with E-state index in [4.69, 9.17) is 14.2 Å². The van der Waals surface area contributed by atoms with Gasteiger partial charge in [0.15, 0.2) is 11.5 Å². The van der Waals surface area contributed by atoms with Crippen molar-refractivity contribution in [3.8, 4) is 17.2 Å². The largest absolute Gasteiger partial charge is 0.493 e. The maximum atomic E-state index is 12.7. The molecule has 1 fully saturated rings. The third-order valence-electron chi connectivity index (χ3n) is 5.64. The highest BCUT2D eigenvalue weighted by atomic mass is 16.5. The summed E-state index contributed by atoms with van der Waals surface area (Å²) in [6.45, 7) is 4.80. The molecule has 0 aliphatic carbocycles. The summed E-state index contributed by atoms with van der Waals surface area (Å²) < 4.78 is 16.0. The number of hydrogen-bond donors (Lipinski definition) is 1. The molecule has 0 atom stereocenters. The quantitative estimate of drug-likeness (QED) is 0.677. The highest BCUT2D eigenvalue weighted by Crippen LogP contribution is 2.39. The monoisotopic (exact) mass is 441 g/mol. The second-order valence-corrected chi connectivity index (χ2v) is 7.72. The zero-order valence-corrected chi connectivity index (χ0v) is 19.1. The minimum Gasteiger partial charge on any atom is -0.493 e. The molecule has 2 aromatic carbocycles. The van der Waals surface area contributed by atoms with Crippen molar-refractivity contribution in [3.63, 3.8) is 0 Å². The van der Waals surface area contributed by atoms with E-state index in [1.807, 2.05) is 41.0 Å². The van der Waals surface area contributed by atoms with E-state index in [1.54, 1.807) is 12.1 Å². The van der Waals surface area contributed by atoms with E-state index in [0.717, 1.165) is 11.1 Å². The lowest BCUT2D eigenvalue weighted by atomic mass is 10.1. The molecule has 0 spiro atoms. The van der Waals surface area contributed by atoms with E-state index in [0.29, 0.717) is 55.5 Å². The first-order chi connectivity index (χ1) is 15.4. The van der Waals surface area contributed by atoms with Gasteiger partial charge in [0.25, 0.3) is 0 Å². The summed E-state index contributed by atoms with van der Waals surface area (Å²) in [4.78, 5) is 29.2. The number of amides is 2. The van der Waals surface area contributed by atoms with Crippen LogP contribution >= 0.6 is 0 Å². The Balaban J connectivity index is 1.51. The molecule has 1 heterocycles. The van der Waals surface area contributed by atoms with Crippen molar-refractivity contribution in [2.45, 2.75) is 13.3 Å². The maximum absolute atomic E-state index is 12.7. The molecule has 8 heteroatoms. The van der Waals surface area contributed by atoms with E-state index in [9.17, 15) is 9.59 Å². The average molecular weight is 442 g/mol. The second kappa shape index (κ2) is 10.9. The predicted molar refractivity (Wildman–Crippen MR) is 123 cm³/mol. The van der Waals surface area contributed by atoms with Gasteiger partial charge in [-0.2, -0.15) is 0 Å². The molecule has 2 aromatic rings. The Hall–Kier alpha value is -3.26. The number of anilines is 1. The van der Waals surface area contributed by atoms with Crippen molar-refractivity contribution in [3.05, 3.63) is 47.5 Å². The van der Waals surface area contributed by atoms with E-state index in [1.165, 1.54) is 21.3 Å². The van der Waals surface area contributed by atoms with Crippen molar-refractivity contribution in [1.82, 2.24) is 9.80 Å². The lowest BCUT2D eigenvalue weighted by Crippen LogP contribution is -2.50. The topological polar surface area (TPSA) is 80.3 Å². The van der Waals surface area contributed by atoms with Crippen LogP contribution in [0.2, 0.25) is 0 Å². The van der Waals surface area contributed by atoms with Gasteiger partial charge in [-0.05, 0) is 18.1 Å². The molecule has 1 aliphatic rings. The molecule has 1 aliphatic heterocycles. The van der Waals surface area contributed by atoms with E-state index >= 15 is 0 Å². The first-order valence-electron chi connectivity index (χ1n) is 10.6. The number of aryl methyl sites for hydroxylation is 1. The van der Waals surface area contributed by atoms with E-state index in [-0.39, 0.29) is 18.4 Å². The molecule has 0 radical (unpaired) electrons. The van der Waals surface area contributed by atoms with Crippen LogP contribution in [0.1, 0.15) is 11.1 Å². The summed E-state index contributed by atoms with van der Waals surface area (Å²) in [5, 5.41) is 2.89.